The Morgan fingerprint density at radius 3 is 2.74 bits per heavy atom. The maximum absolute atomic E-state index is 12.4. The van der Waals surface area contributed by atoms with E-state index in [0.29, 0.717) is 13.0 Å². The second-order valence-corrected chi connectivity index (χ2v) is 9.14. The van der Waals surface area contributed by atoms with Gasteiger partial charge in [-0.05, 0) is 26.3 Å². The lowest BCUT2D eigenvalue weighted by Gasteiger charge is -2.12. The molecule has 8 heteroatoms. The number of hydrogen-bond donors (Lipinski definition) is 1. The van der Waals surface area contributed by atoms with Gasteiger partial charge in [-0.15, -0.1) is 0 Å². The van der Waals surface area contributed by atoms with E-state index in [9.17, 15) is 13.2 Å². The normalized spacial score (nSPS) is 18.4. The van der Waals surface area contributed by atoms with Gasteiger partial charge in [0.25, 0.3) is 0 Å². The number of nitrogens with one attached hydrogen (secondary N) is 1. The average Bonchev–Trinajstić information content (AvgIpc) is 3.13. The first kappa shape index (κ1) is 19.4. The quantitative estimate of drug-likeness (QED) is 0.810. The number of rotatable bonds is 6. The molecule has 0 aliphatic carbocycles. The predicted molar refractivity (Wildman–Crippen MR) is 103 cm³/mol. The topological polar surface area (TPSA) is 90.3 Å². The van der Waals surface area contributed by atoms with E-state index in [-0.39, 0.29) is 29.9 Å². The SMILES string of the molecule is COc1ccccc1CNC(=O)Cc1c(C)nn(C2CCS(=O)(=O)C2)c1C. The summed E-state index contributed by atoms with van der Waals surface area (Å²) in [6.07, 6.45) is 0.788. The molecule has 1 unspecified atom stereocenters. The molecule has 1 fully saturated rings. The highest BCUT2D eigenvalue weighted by Gasteiger charge is 2.31. The molecule has 0 spiro atoms. The van der Waals surface area contributed by atoms with Crippen LogP contribution >= 0.6 is 0 Å². The summed E-state index contributed by atoms with van der Waals surface area (Å²) in [4.78, 5) is 12.4. The van der Waals surface area contributed by atoms with E-state index >= 15 is 0 Å². The fraction of sp³-hybridized carbons (Fsp3) is 0.474. The minimum atomic E-state index is -2.98. The Morgan fingerprint density at radius 2 is 2.07 bits per heavy atom. The summed E-state index contributed by atoms with van der Waals surface area (Å²) in [6, 6.07) is 7.41. The number of nitrogens with zero attached hydrogens (tertiary/aromatic N) is 2. The van der Waals surface area contributed by atoms with Gasteiger partial charge in [0.1, 0.15) is 5.75 Å². The zero-order valence-corrected chi connectivity index (χ0v) is 16.7. The van der Waals surface area contributed by atoms with E-state index in [2.05, 4.69) is 10.4 Å². The van der Waals surface area contributed by atoms with Crippen LogP contribution < -0.4 is 10.1 Å². The van der Waals surface area contributed by atoms with Gasteiger partial charge >= 0.3 is 0 Å². The molecule has 0 saturated carbocycles. The fourth-order valence-electron chi connectivity index (χ4n) is 3.54. The lowest BCUT2D eigenvalue weighted by Crippen LogP contribution is -2.25. The second kappa shape index (κ2) is 7.72. The highest BCUT2D eigenvalue weighted by molar-refractivity contribution is 7.91. The summed E-state index contributed by atoms with van der Waals surface area (Å²) >= 11 is 0. The highest BCUT2D eigenvalue weighted by Crippen LogP contribution is 2.27. The maximum atomic E-state index is 12.4. The molecule has 3 rings (SSSR count). The smallest absolute Gasteiger partial charge is 0.224 e. The van der Waals surface area contributed by atoms with Gasteiger partial charge in [0.05, 0.1) is 36.8 Å². The van der Waals surface area contributed by atoms with Gasteiger partial charge in [-0.3, -0.25) is 9.48 Å². The molecule has 1 aliphatic rings. The largest absolute Gasteiger partial charge is 0.496 e. The molecule has 0 radical (unpaired) electrons. The van der Waals surface area contributed by atoms with Gasteiger partial charge in [0.15, 0.2) is 9.84 Å². The van der Waals surface area contributed by atoms with Crippen LogP contribution in [0.25, 0.3) is 0 Å². The standard InChI is InChI=1S/C19H25N3O4S/c1-13-17(14(2)22(21-13)16-8-9-27(24,25)12-16)10-19(23)20-11-15-6-4-5-7-18(15)26-3/h4-7,16H,8-12H2,1-3H3,(H,20,23). The van der Waals surface area contributed by atoms with E-state index in [4.69, 9.17) is 4.74 Å². The summed E-state index contributed by atoms with van der Waals surface area (Å²) in [7, 11) is -1.38. The molecule has 0 bridgehead atoms. The number of methoxy groups -OCH3 is 1. The third kappa shape index (κ3) is 4.32. The summed E-state index contributed by atoms with van der Waals surface area (Å²) < 4.78 is 30.6. The molecule has 1 amide bonds. The van der Waals surface area contributed by atoms with E-state index in [1.54, 1.807) is 11.8 Å². The summed E-state index contributed by atoms with van der Waals surface area (Å²) in [5, 5.41) is 7.43. The van der Waals surface area contributed by atoms with Crippen molar-refractivity contribution in [2.24, 2.45) is 0 Å². The van der Waals surface area contributed by atoms with Crippen LogP contribution in [-0.2, 0) is 27.6 Å². The monoisotopic (exact) mass is 391 g/mol. The first-order chi connectivity index (χ1) is 12.8. The van der Waals surface area contributed by atoms with Crippen LogP contribution in [0, 0.1) is 13.8 Å². The zero-order valence-electron chi connectivity index (χ0n) is 15.9. The first-order valence-electron chi connectivity index (χ1n) is 8.94. The molecule has 2 aromatic rings. The molecule has 1 aliphatic heterocycles. The minimum Gasteiger partial charge on any atom is -0.496 e. The number of aryl methyl sites for hydroxylation is 1. The van der Waals surface area contributed by atoms with Crippen LogP contribution in [0.1, 0.15) is 35.0 Å². The number of aromatic nitrogens is 2. The van der Waals surface area contributed by atoms with Crippen LogP contribution in [-0.4, -0.2) is 42.7 Å². The van der Waals surface area contributed by atoms with E-state index in [1.165, 1.54) is 0 Å². The van der Waals surface area contributed by atoms with Crippen molar-refractivity contribution in [3.05, 3.63) is 46.8 Å². The lowest BCUT2D eigenvalue weighted by atomic mass is 10.1. The lowest BCUT2D eigenvalue weighted by molar-refractivity contribution is -0.120. The van der Waals surface area contributed by atoms with Gasteiger partial charge in [-0.2, -0.15) is 5.10 Å². The molecule has 146 valence electrons. The number of ether oxygens (including phenoxy) is 1. The third-order valence-corrected chi connectivity index (χ3v) is 6.79. The fourth-order valence-corrected chi connectivity index (χ4v) is 5.23. The Kier molecular flexibility index (Phi) is 5.55. The Labute approximate surface area is 159 Å². The molecular formula is C19H25N3O4S. The van der Waals surface area contributed by atoms with E-state index < -0.39 is 9.84 Å². The first-order valence-corrected chi connectivity index (χ1v) is 10.8. The number of carbonyl (C=O) groups is 1. The molecule has 1 aromatic heterocycles. The van der Waals surface area contributed by atoms with E-state index in [1.807, 2.05) is 38.1 Å². The Hall–Kier alpha value is -2.35. The average molecular weight is 391 g/mol. The molecule has 2 heterocycles. The maximum Gasteiger partial charge on any atom is 0.224 e. The second-order valence-electron chi connectivity index (χ2n) is 6.92. The van der Waals surface area contributed by atoms with Crippen molar-refractivity contribution < 1.29 is 17.9 Å². The van der Waals surface area contributed by atoms with Gasteiger partial charge in [0.2, 0.25) is 5.91 Å². The van der Waals surface area contributed by atoms with Crippen molar-refractivity contribution in [2.75, 3.05) is 18.6 Å². The molecule has 1 atom stereocenters. The molecular weight excluding hydrogens is 366 g/mol. The van der Waals surface area contributed by atoms with Crippen LogP contribution in [0.2, 0.25) is 0 Å². The molecule has 1 N–H and O–H groups in total. The third-order valence-electron chi connectivity index (χ3n) is 5.03. The summed E-state index contributed by atoms with van der Waals surface area (Å²) in [5.74, 6) is 0.949. The van der Waals surface area contributed by atoms with Gasteiger partial charge < -0.3 is 10.1 Å². The number of sulfone groups is 1. The molecule has 27 heavy (non-hydrogen) atoms. The van der Waals surface area contributed by atoms with Crippen molar-refractivity contribution in [3.8, 4) is 5.75 Å². The number of carbonyl (C=O) groups excluding carboxylic acids is 1. The van der Waals surface area contributed by atoms with Crippen LogP contribution in [0.4, 0.5) is 0 Å². The van der Waals surface area contributed by atoms with Crippen LogP contribution in [0.15, 0.2) is 24.3 Å². The summed E-state index contributed by atoms with van der Waals surface area (Å²) in [5.41, 5.74) is 3.40. The minimum absolute atomic E-state index is 0.106. The Morgan fingerprint density at radius 1 is 1.33 bits per heavy atom. The predicted octanol–water partition coefficient (Wildman–Crippen LogP) is 1.73. The van der Waals surface area contributed by atoms with Crippen molar-refractivity contribution >= 4 is 15.7 Å². The van der Waals surface area contributed by atoms with Gasteiger partial charge in [-0.25, -0.2) is 8.42 Å². The van der Waals surface area contributed by atoms with Crippen molar-refractivity contribution in [3.63, 3.8) is 0 Å². The highest BCUT2D eigenvalue weighted by atomic mass is 32.2. The number of amides is 1. The molecule has 1 saturated heterocycles. The Balaban J connectivity index is 1.68. The van der Waals surface area contributed by atoms with Crippen LogP contribution in [0.5, 0.6) is 5.75 Å². The number of benzene rings is 1. The molecule has 7 nitrogen and oxygen atoms in total. The van der Waals surface area contributed by atoms with Crippen molar-refractivity contribution in [1.82, 2.24) is 15.1 Å². The van der Waals surface area contributed by atoms with Crippen molar-refractivity contribution in [2.45, 2.75) is 39.3 Å². The Bertz CT molecular complexity index is 950. The van der Waals surface area contributed by atoms with Gasteiger partial charge in [0, 0.05) is 23.4 Å². The van der Waals surface area contributed by atoms with Crippen LogP contribution in [0.3, 0.4) is 0 Å². The summed E-state index contributed by atoms with van der Waals surface area (Å²) in [6.45, 7) is 4.14. The zero-order chi connectivity index (χ0) is 19.6. The van der Waals surface area contributed by atoms with Gasteiger partial charge in [-0.1, -0.05) is 18.2 Å². The van der Waals surface area contributed by atoms with E-state index in [0.717, 1.165) is 28.3 Å². The number of para-hydroxylation sites is 1. The van der Waals surface area contributed by atoms with Crippen molar-refractivity contribution in [1.29, 1.82) is 0 Å². The number of hydrogen-bond acceptors (Lipinski definition) is 5. The molecule has 1 aromatic carbocycles.